The first-order valence-electron chi connectivity index (χ1n) is 11.7. The highest BCUT2D eigenvalue weighted by atomic mass is 32.1. The first-order chi connectivity index (χ1) is 16.6. The van der Waals surface area contributed by atoms with Gasteiger partial charge in [-0.25, -0.2) is 9.97 Å². The van der Waals surface area contributed by atoms with E-state index >= 15 is 0 Å². The summed E-state index contributed by atoms with van der Waals surface area (Å²) in [5.41, 5.74) is 4.10. The van der Waals surface area contributed by atoms with Gasteiger partial charge in [0.2, 0.25) is 5.95 Å². The van der Waals surface area contributed by atoms with E-state index in [9.17, 15) is 4.79 Å². The average Bonchev–Trinajstić information content (AvgIpc) is 3.39. The molecule has 3 aromatic heterocycles. The van der Waals surface area contributed by atoms with Crippen molar-refractivity contribution in [3.63, 3.8) is 0 Å². The number of aromatic nitrogens is 4. The lowest BCUT2D eigenvalue weighted by Gasteiger charge is -2.35. The van der Waals surface area contributed by atoms with E-state index in [1.165, 1.54) is 17.0 Å². The predicted octanol–water partition coefficient (Wildman–Crippen LogP) is 4.13. The van der Waals surface area contributed by atoms with Crippen molar-refractivity contribution in [2.45, 2.75) is 27.3 Å². The second-order valence-electron chi connectivity index (χ2n) is 8.41. The van der Waals surface area contributed by atoms with Crippen LogP contribution in [0.1, 0.15) is 19.5 Å². The Morgan fingerprint density at radius 2 is 1.79 bits per heavy atom. The van der Waals surface area contributed by atoms with Crippen LogP contribution in [-0.4, -0.2) is 57.1 Å². The molecule has 0 saturated carbocycles. The number of hydrogen-bond donors (Lipinski definition) is 1. The number of likely N-dealkylation sites (N-methyl/N-ethyl adjacent to an activating group) is 1. The Hall–Kier alpha value is -3.30. The van der Waals surface area contributed by atoms with Crippen molar-refractivity contribution >= 4 is 39.7 Å². The quantitative estimate of drug-likeness (QED) is 0.449. The van der Waals surface area contributed by atoms with Gasteiger partial charge in [0.25, 0.3) is 5.56 Å². The van der Waals surface area contributed by atoms with Gasteiger partial charge in [-0.05, 0) is 50.7 Å². The fourth-order valence-electron chi connectivity index (χ4n) is 4.45. The predicted molar refractivity (Wildman–Crippen MR) is 139 cm³/mol. The molecule has 0 radical (unpaired) electrons. The Morgan fingerprint density at radius 3 is 2.44 bits per heavy atom. The van der Waals surface area contributed by atoms with Gasteiger partial charge < -0.3 is 15.1 Å². The van der Waals surface area contributed by atoms with Crippen LogP contribution in [0.4, 0.5) is 17.3 Å². The summed E-state index contributed by atoms with van der Waals surface area (Å²) in [7, 11) is 0. The molecule has 5 rings (SSSR count). The van der Waals surface area contributed by atoms with Gasteiger partial charge in [0, 0.05) is 61.1 Å². The molecular formula is C25H29N7OS. The number of nitrogens with one attached hydrogen (secondary N) is 1. The van der Waals surface area contributed by atoms with Crippen molar-refractivity contribution in [1.29, 1.82) is 0 Å². The average molecular weight is 476 g/mol. The molecule has 0 amide bonds. The van der Waals surface area contributed by atoms with Gasteiger partial charge in [-0.15, -0.1) is 11.3 Å². The molecule has 1 N–H and O–H groups in total. The standard InChI is InChI=1S/C25H29N7OS/c1-4-30-11-13-31(14-12-30)19-8-6-18(7-9-19)28-25-27-17(3)20-16-21(23-26-10-15-34-23)24(33)32(5-2)22(20)29-25/h6-10,15-16H,4-5,11-14H2,1-3H3,(H,27,28,29). The number of aryl methyl sites for hydroxylation is 2. The minimum absolute atomic E-state index is 0.0819. The number of anilines is 3. The highest BCUT2D eigenvalue weighted by molar-refractivity contribution is 7.13. The van der Waals surface area contributed by atoms with Crippen LogP contribution < -0.4 is 15.8 Å². The zero-order valence-electron chi connectivity index (χ0n) is 19.8. The molecule has 0 aliphatic carbocycles. The Balaban J connectivity index is 1.42. The van der Waals surface area contributed by atoms with E-state index in [1.807, 2.05) is 25.3 Å². The second-order valence-corrected chi connectivity index (χ2v) is 9.30. The van der Waals surface area contributed by atoms with Crippen molar-refractivity contribution in [3.8, 4) is 10.6 Å². The number of pyridine rings is 1. The first kappa shape index (κ1) is 22.5. The zero-order valence-corrected chi connectivity index (χ0v) is 20.6. The summed E-state index contributed by atoms with van der Waals surface area (Å²) in [4.78, 5) is 31.8. The largest absolute Gasteiger partial charge is 0.369 e. The molecule has 1 fully saturated rings. The summed E-state index contributed by atoms with van der Waals surface area (Å²) in [6.07, 6.45) is 1.71. The molecule has 4 aromatic rings. The lowest BCUT2D eigenvalue weighted by molar-refractivity contribution is 0.271. The molecule has 0 atom stereocenters. The van der Waals surface area contributed by atoms with E-state index < -0.39 is 0 Å². The normalized spacial score (nSPS) is 14.6. The van der Waals surface area contributed by atoms with Crippen LogP contribution in [0.2, 0.25) is 0 Å². The number of piperazine rings is 1. The molecule has 176 valence electrons. The van der Waals surface area contributed by atoms with Crippen molar-refractivity contribution in [1.82, 2.24) is 24.4 Å². The molecule has 0 spiro atoms. The zero-order chi connectivity index (χ0) is 23.7. The van der Waals surface area contributed by atoms with Crippen molar-refractivity contribution in [2.24, 2.45) is 0 Å². The molecule has 0 bridgehead atoms. The van der Waals surface area contributed by atoms with Gasteiger partial charge in [0.1, 0.15) is 10.7 Å². The maximum atomic E-state index is 13.2. The molecule has 1 aliphatic rings. The first-order valence-corrected chi connectivity index (χ1v) is 12.6. The fraction of sp³-hybridized carbons (Fsp3) is 0.360. The van der Waals surface area contributed by atoms with Gasteiger partial charge >= 0.3 is 0 Å². The van der Waals surface area contributed by atoms with Gasteiger partial charge in [0.05, 0.1) is 11.3 Å². The minimum atomic E-state index is -0.0819. The monoisotopic (exact) mass is 475 g/mol. The van der Waals surface area contributed by atoms with Gasteiger partial charge in [-0.3, -0.25) is 9.36 Å². The lowest BCUT2D eigenvalue weighted by atomic mass is 10.2. The Morgan fingerprint density at radius 1 is 1.03 bits per heavy atom. The summed E-state index contributed by atoms with van der Waals surface area (Å²) in [6, 6.07) is 10.3. The summed E-state index contributed by atoms with van der Waals surface area (Å²) in [6.45, 7) is 12.0. The van der Waals surface area contributed by atoms with E-state index in [0.717, 1.165) is 49.5 Å². The van der Waals surface area contributed by atoms with Gasteiger partial charge in [-0.2, -0.15) is 4.98 Å². The van der Waals surface area contributed by atoms with Crippen LogP contribution in [0.5, 0.6) is 0 Å². The molecule has 4 heterocycles. The maximum Gasteiger partial charge on any atom is 0.262 e. The van der Waals surface area contributed by atoms with E-state index in [1.54, 1.807) is 10.8 Å². The highest BCUT2D eigenvalue weighted by Crippen LogP contribution is 2.26. The number of rotatable bonds is 6. The topological polar surface area (TPSA) is 79.2 Å². The lowest BCUT2D eigenvalue weighted by Crippen LogP contribution is -2.46. The van der Waals surface area contributed by atoms with Crippen LogP contribution in [0.25, 0.3) is 21.6 Å². The number of thiazole rings is 1. The molecule has 1 saturated heterocycles. The minimum Gasteiger partial charge on any atom is -0.369 e. The van der Waals surface area contributed by atoms with Crippen molar-refractivity contribution < 1.29 is 0 Å². The summed E-state index contributed by atoms with van der Waals surface area (Å²) in [5, 5.41) is 6.77. The van der Waals surface area contributed by atoms with E-state index in [-0.39, 0.29) is 5.56 Å². The fourth-order valence-corrected chi connectivity index (χ4v) is 5.10. The van der Waals surface area contributed by atoms with Crippen LogP contribution in [-0.2, 0) is 6.54 Å². The van der Waals surface area contributed by atoms with Gasteiger partial charge in [0.15, 0.2) is 0 Å². The van der Waals surface area contributed by atoms with Crippen LogP contribution >= 0.6 is 11.3 Å². The van der Waals surface area contributed by atoms with E-state index in [0.29, 0.717) is 28.7 Å². The summed E-state index contributed by atoms with van der Waals surface area (Å²) < 4.78 is 1.70. The number of fused-ring (bicyclic) bond motifs is 1. The molecular weight excluding hydrogens is 446 g/mol. The van der Waals surface area contributed by atoms with Crippen LogP contribution in [0, 0.1) is 6.92 Å². The van der Waals surface area contributed by atoms with Crippen molar-refractivity contribution in [3.05, 3.63) is 58.0 Å². The number of benzene rings is 1. The number of hydrogen-bond acceptors (Lipinski definition) is 8. The molecule has 1 aromatic carbocycles. The Bertz CT molecular complexity index is 1340. The third kappa shape index (κ3) is 4.28. The molecule has 1 aliphatic heterocycles. The molecule has 9 heteroatoms. The van der Waals surface area contributed by atoms with E-state index in [4.69, 9.17) is 4.98 Å². The van der Waals surface area contributed by atoms with Crippen LogP contribution in [0.3, 0.4) is 0 Å². The highest BCUT2D eigenvalue weighted by Gasteiger charge is 2.17. The van der Waals surface area contributed by atoms with E-state index in [2.05, 4.69) is 56.3 Å². The van der Waals surface area contributed by atoms with Gasteiger partial charge in [-0.1, -0.05) is 6.92 Å². The summed E-state index contributed by atoms with van der Waals surface area (Å²) in [5.74, 6) is 0.484. The smallest absolute Gasteiger partial charge is 0.262 e. The SMILES string of the molecule is CCN1CCN(c2ccc(Nc3nc(C)c4cc(-c5nccs5)c(=O)n(CC)c4n3)cc2)CC1. The molecule has 34 heavy (non-hydrogen) atoms. The third-order valence-corrected chi connectivity index (χ3v) is 7.23. The number of nitrogens with zero attached hydrogens (tertiary/aromatic N) is 6. The Kier molecular flexibility index (Phi) is 6.30. The van der Waals surface area contributed by atoms with Crippen LogP contribution in [0.15, 0.2) is 46.7 Å². The third-order valence-electron chi connectivity index (χ3n) is 6.42. The molecule has 0 unspecified atom stereocenters. The van der Waals surface area contributed by atoms with Crippen molar-refractivity contribution in [2.75, 3.05) is 42.9 Å². The maximum absolute atomic E-state index is 13.2. The Labute approximate surface area is 202 Å². The second kappa shape index (κ2) is 9.52. The summed E-state index contributed by atoms with van der Waals surface area (Å²) >= 11 is 1.46. The molecule has 8 nitrogen and oxygen atoms in total.